The molecule has 1 aromatic heterocycles. The Bertz CT molecular complexity index is 792. The minimum atomic E-state index is -0.168. The molecule has 3 aromatic rings. The zero-order valence-electron chi connectivity index (χ0n) is 10.8. The highest BCUT2D eigenvalue weighted by Crippen LogP contribution is 2.23. The number of halogens is 1. The van der Waals surface area contributed by atoms with Gasteiger partial charge in [0, 0.05) is 10.2 Å². The molecule has 0 unspecified atom stereocenters. The third-order valence-electron chi connectivity index (χ3n) is 3.05. The Kier molecular flexibility index (Phi) is 3.32. The average Bonchev–Trinajstić information content (AvgIpc) is 2.86. The van der Waals surface area contributed by atoms with Crippen molar-refractivity contribution in [2.75, 3.05) is 5.32 Å². The number of furan rings is 1. The molecule has 20 heavy (non-hydrogen) atoms. The lowest BCUT2D eigenvalue weighted by atomic mass is 10.1. The summed E-state index contributed by atoms with van der Waals surface area (Å²) in [6.07, 6.45) is 1.46. The van der Waals surface area contributed by atoms with E-state index in [1.165, 1.54) is 6.26 Å². The molecule has 0 aliphatic rings. The quantitative estimate of drug-likeness (QED) is 0.736. The number of aryl methyl sites for hydroxylation is 1. The van der Waals surface area contributed by atoms with Gasteiger partial charge in [0.15, 0.2) is 0 Å². The van der Waals surface area contributed by atoms with Gasteiger partial charge in [0.25, 0.3) is 5.91 Å². The van der Waals surface area contributed by atoms with Crippen molar-refractivity contribution in [2.24, 2.45) is 0 Å². The van der Waals surface area contributed by atoms with Crippen molar-refractivity contribution >= 4 is 38.3 Å². The number of amides is 1. The summed E-state index contributed by atoms with van der Waals surface area (Å²) >= 11 is 3.44. The zero-order chi connectivity index (χ0) is 14.1. The third kappa shape index (κ3) is 2.60. The lowest BCUT2D eigenvalue weighted by Crippen LogP contribution is -2.10. The first kappa shape index (κ1) is 12.9. The second-order valence-corrected chi connectivity index (χ2v) is 5.52. The molecule has 0 aliphatic heterocycles. The van der Waals surface area contributed by atoms with Crippen LogP contribution in [0.2, 0.25) is 0 Å². The molecule has 1 heterocycles. The minimum Gasteiger partial charge on any atom is -0.469 e. The van der Waals surface area contributed by atoms with Crippen LogP contribution in [-0.4, -0.2) is 5.91 Å². The Morgan fingerprint density at radius 3 is 2.60 bits per heavy atom. The van der Waals surface area contributed by atoms with Crippen LogP contribution in [0.4, 0.5) is 5.69 Å². The lowest BCUT2D eigenvalue weighted by molar-refractivity contribution is 0.102. The van der Waals surface area contributed by atoms with Crippen molar-refractivity contribution in [3.8, 4) is 0 Å². The number of hydrogen-bond acceptors (Lipinski definition) is 2. The van der Waals surface area contributed by atoms with Gasteiger partial charge in [-0.25, -0.2) is 0 Å². The third-order valence-corrected chi connectivity index (χ3v) is 3.55. The molecule has 0 bridgehead atoms. The maximum atomic E-state index is 12.0. The van der Waals surface area contributed by atoms with Crippen molar-refractivity contribution in [2.45, 2.75) is 6.92 Å². The number of benzene rings is 2. The van der Waals surface area contributed by atoms with Gasteiger partial charge >= 0.3 is 0 Å². The SMILES string of the molecule is Cc1cc(C(=O)Nc2ccc3cc(Br)ccc3c2)co1. The molecule has 100 valence electrons. The second-order valence-electron chi connectivity index (χ2n) is 4.61. The fourth-order valence-corrected chi connectivity index (χ4v) is 2.44. The molecule has 0 spiro atoms. The summed E-state index contributed by atoms with van der Waals surface area (Å²) in [5, 5.41) is 5.07. The molecule has 0 atom stereocenters. The van der Waals surface area contributed by atoms with E-state index in [0.29, 0.717) is 5.56 Å². The van der Waals surface area contributed by atoms with Crippen LogP contribution in [0.3, 0.4) is 0 Å². The Morgan fingerprint density at radius 1 is 1.10 bits per heavy atom. The molecule has 1 N–H and O–H groups in total. The van der Waals surface area contributed by atoms with Gasteiger partial charge in [-0.05, 0) is 48.0 Å². The number of hydrogen-bond donors (Lipinski definition) is 1. The van der Waals surface area contributed by atoms with Gasteiger partial charge < -0.3 is 9.73 Å². The fourth-order valence-electron chi connectivity index (χ4n) is 2.06. The van der Waals surface area contributed by atoms with Crippen molar-refractivity contribution < 1.29 is 9.21 Å². The monoisotopic (exact) mass is 329 g/mol. The number of carbonyl (C=O) groups excluding carboxylic acids is 1. The highest BCUT2D eigenvalue weighted by Gasteiger charge is 2.09. The number of rotatable bonds is 2. The smallest absolute Gasteiger partial charge is 0.258 e. The lowest BCUT2D eigenvalue weighted by Gasteiger charge is -2.05. The normalized spacial score (nSPS) is 10.7. The number of carbonyl (C=O) groups is 1. The van der Waals surface area contributed by atoms with Crippen LogP contribution < -0.4 is 5.32 Å². The summed E-state index contributed by atoms with van der Waals surface area (Å²) in [6, 6.07) is 13.6. The topological polar surface area (TPSA) is 42.2 Å². The van der Waals surface area contributed by atoms with Crippen LogP contribution in [0, 0.1) is 6.92 Å². The predicted molar refractivity (Wildman–Crippen MR) is 83.0 cm³/mol. The number of anilines is 1. The van der Waals surface area contributed by atoms with E-state index in [4.69, 9.17) is 4.42 Å². The van der Waals surface area contributed by atoms with Gasteiger partial charge in [0.1, 0.15) is 12.0 Å². The summed E-state index contributed by atoms with van der Waals surface area (Å²) < 4.78 is 6.18. The van der Waals surface area contributed by atoms with E-state index in [0.717, 1.165) is 26.7 Å². The predicted octanol–water partition coefficient (Wildman–Crippen LogP) is 4.76. The standard InChI is InChI=1S/C16H12BrNO2/c1-10-6-13(9-20-10)16(19)18-15-5-3-11-7-14(17)4-2-12(11)8-15/h2-9H,1H3,(H,18,19). The molecule has 2 aromatic carbocycles. The van der Waals surface area contributed by atoms with Crippen molar-refractivity contribution in [3.05, 3.63) is 64.5 Å². The van der Waals surface area contributed by atoms with Crippen LogP contribution in [0.1, 0.15) is 16.1 Å². The minimum absolute atomic E-state index is 0.168. The summed E-state index contributed by atoms with van der Waals surface area (Å²) in [6.45, 7) is 1.81. The number of fused-ring (bicyclic) bond motifs is 1. The molecule has 0 aliphatic carbocycles. The molecule has 1 amide bonds. The average molecular weight is 330 g/mol. The van der Waals surface area contributed by atoms with Crippen LogP contribution in [0.15, 0.2) is 57.6 Å². The van der Waals surface area contributed by atoms with Crippen LogP contribution in [-0.2, 0) is 0 Å². The fraction of sp³-hybridized carbons (Fsp3) is 0.0625. The molecular formula is C16H12BrNO2. The van der Waals surface area contributed by atoms with E-state index < -0.39 is 0 Å². The first-order chi connectivity index (χ1) is 9.61. The van der Waals surface area contributed by atoms with Crippen LogP contribution in [0.25, 0.3) is 10.8 Å². The molecule has 4 heteroatoms. The van der Waals surface area contributed by atoms with Gasteiger partial charge in [-0.15, -0.1) is 0 Å². The summed E-state index contributed by atoms with van der Waals surface area (Å²) in [5.41, 5.74) is 1.29. The van der Waals surface area contributed by atoms with E-state index in [1.54, 1.807) is 6.07 Å². The van der Waals surface area contributed by atoms with E-state index in [2.05, 4.69) is 21.2 Å². The van der Waals surface area contributed by atoms with E-state index in [1.807, 2.05) is 43.3 Å². The summed E-state index contributed by atoms with van der Waals surface area (Å²) in [7, 11) is 0. The van der Waals surface area contributed by atoms with Gasteiger partial charge in [-0.3, -0.25) is 4.79 Å². The van der Waals surface area contributed by atoms with Gasteiger partial charge in [0.2, 0.25) is 0 Å². The maximum Gasteiger partial charge on any atom is 0.258 e. The molecule has 0 fully saturated rings. The summed E-state index contributed by atoms with van der Waals surface area (Å²) in [5.74, 6) is 0.553. The highest BCUT2D eigenvalue weighted by atomic mass is 79.9. The van der Waals surface area contributed by atoms with E-state index in [-0.39, 0.29) is 5.91 Å². The van der Waals surface area contributed by atoms with E-state index >= 15 is 0 Å². The number of nitrogens with one attached hydrogen (secondary N) is 1. The van der Waals surface area contributed by atoms with Crippen LogP contribution in [0.5, 0.6) is 0 Å². The molecule has 3 rings (SSSR count). The largest absolute Gasteiger partial charge is 0.469 e. The van der Waals surface area contributed by atoms with Gasteiger partial charge in [0.05, 0.1) is 5.56 Å². The highest BCUT2D eigenvalue weighted by molar-refractivity contribution is 9.10. The second kappa shape index (κ2) is 5.13. The van der Waals surface area contributed by atoms with E-state index in [9.17, 15) is 4.79 Å². The maximum absolute atomic E-state index is 12.0. The molecule has 0 radical (unpaired) electrons. The zero-order valence-corrected chi connectivity index (χ0v) is 12.4. The summed E-state index contributed by atoms with van der Waals surface area (Å²) in [4.78, 5) is 12.0. The van der Waals surface area contributed by atoms with Crippen molar-refractivity contribution in [3.63, 3.8) is 0 Å². The first-order valence-corrected chi connectivity index (χ1v) is 6.97. The van der Waals surface area contributed by atoms with Crippen molar-refractivity contribution in [1.29, 1.82) is 0 Å². The Balaban J connectivity index is 1.87. The Hall–Kier alpha value is -2.07. The van der Waals surface area contributed by atoms with Crippen molar-refractivity contribution in [1.82, 2.24) is 0 Å². The van der Waals surface area contributed by atoms with Gasteiger partial charge in [-0.1, -0.05) is 28.1 Å². The molecule has 0 saturated carbocycles. The Morgan fingerprint density at radius 2 is 1.85 bits per heavy atom. The first-order valence-electron chi connectivity index (χ1n) is 6.18. The van der Waals surface area contributed by atoms with Gasteiger partial charge in [-0.2, -0.15) is 0 Å². The molecule has 3 nitrogen and oxygen atoms in total. The molecule has 0 saturated heterocycles. The Labute approximate surface area is 124 Å². The van der Waals surface area contributed by atoms with Crippen LogP contribution >= 0.6 is 15.9 Å². The molecular weight excluding hydrogens is 318 g/mol.